The summed E-state index contributed by atoms with van der Waals surface area (Å²) in [7, 11) is 0. The lowest BCUT2D eigenvalue weighted by atomic mass is 9.96. The minimum Gasteiger partial charge on any atom is -0.463 e. The van der Waals surface area contributed by atoms with E-state index in [2.05, 4.69) is 10.3 Å². The lowest BCUT2D eigenvalue weighted by Gasteiger charge is -2.44. The molecule has 1 aliphatic heterocycles. The minimum atomic E-state index is -1.17. The quantitative estimate of drug-likeness (QED) is 0.312. The SMILES string of the molecule is CCOC(=O)c1cn(C2C(OC(C)=O)[C@@H](Sc3ccc(Cl)c(Cl)c3)OC(COC(C)=O)[C@@H]2OC(C)=O)nn1. The number of aromatic nitrogens is 3. The van der Waals surface area contributed by atoms with Crippen LogP contribution in [0.3, 0.4) is 0 Å². The van der Waals surface area contributed by atoms with Gasteiger partial charge in [0.05, 0.1) is 22.8 Å². The van der Waals surface area contributed by atoms with E-state index in [1.165, 1.54) is 31.6 Å². The molecule has 1 aromatic heterocycles. The van der Waals surface area contributed by atoms with Crippen molar-refractivity contribution < 1.29 is 42.9 Å². The highest BCUT2D eigenvalue weighted by molar-refractivity contribution is 7.99. The first-order valence-corrected chi connectivity index (χ1v) is 13.0. The Bertz CT molecular complexity index is 1190. The zero-order valence-electron chi connectivity index (χ0n) is 20.8. The van der Waals surface area contributed by atoms with Gasteiger partial charge in [-0.2, -0.15) is 0 Å². The van der Waals surface area contributed by atoms with Gasteiger partial charge in [0.25, 0.3) is 0 Å². The van der Waals surface area contributed by atoms with Crippen LogP contribution in [0.5, 0.6) is 0 Å². The molecule has 0 aliphatic carbocycles. The lowest BCUT2D eigenvalue weighted by Crippen LogP contribution is -2.57. The average Bonchev–Trinajstić information content (AvgIpc) is 3.31. The molecule has 1 aliphatic rings. The summed E-state index contributed by atoms with van der Waals surface area (Å²) in [5, 5.41) is 8.52. The second-order valence-electron chi connectivity index (χ2n) is 7.98. The molecular formula is C23H25Cl2N3O9S. The van der Waals surface area contributed by atoms with Gasteiger partial charge in [-0.1, -0.05) is 40.2 Å². The van der Waals surface area contributed by atoms with Gasteiger partial charge in [-0.3, -0.25) is 14.4 Å². The molecule has 2 heterocycles. The van der Waals surface area contributed by atoms with Gasteiger partial charge < -0.3 is 23.7 Å². The number of ether oxygens (including phenoxy) is 5. The maximum Gasteiger partial charge on any atom is 0.360 e. The first-order chi connectivity index (χ1) is 18.0. The zero-order chi connectivity index (χ0) is 28.0. The summed E-state index contributed by atoms with van der Waals surface area (Å²) in [6.45, 7) is 5.06. The zero-order valence-corrected chi connectivity index (χ0v) is 23.1. The number of nitrogens with zero attached hydrogens (tertiary/aromatic N) is 3. The summed E-state index contributed by atoms with van der Waals surface area (Å²) in [5.74, 6) is -2.65. The predicted molar refractivity (Wildman–Crippen MR) is 134 cm³/mol. The number of hydrogen-bond acceptors (Lipinski definition) is 12. The fourth-order valence-corrected chi connectivity index (χ4v) is 5.20. The molecule has 1 aromatic carbocycles. The average molecular weight is 590 g/mol. The van der Waals surface area contributed by atoms with Crippen molar-refractivity contribution in [2.75, 3.05) is 13.2 Å². The van der Waals surface area contributed by atoms with Gasteiger partial charge >= 0.3 is 23.9 Å². The van der Waals surface area contributed by atoms with Gasteiger partial charge in [0.15, 0.2) is 17.9 Å². The Morgan fingerprint density at radius 3 is 2.29 bits per heavy atom. The molecule has 2 aromatic rings. The van der Waals surface area contributed by atoms with E-state index < -0.39 is 53.7 Å². The monoisotopic (exact) mass is 589 g/mol. The van der Waals surface area contributed by atoms with E-state index in [-0.39, 0.29) is 23.9 Å². The fourth-order valence-electron chi connectivity index (χ4n) is 3.68. The first kappa shape index (κ1) is 29.7. The second-order valence-corrected chi connectivity index (χ2v) is 9.97. The van der Waals surface area contributed by atoms with E-state index in [4.69, 9.17) is 46.9 Å². The van der Waals surface area contributed by atoms with Gasteiger partial charge in [0.2, 0.25) is 0 Å². The third-order valence-electron chi connectivity index (χ3n) is 5.12. The molecule has 0 spiro atoms. The Labute approximate surface area is 232 Å². The van der Waals surface area contributed by atoms with Gasteiger partial charge in [-0.05, 0) is 25.1 Å². The van der Waals surface area contributed by atoms with Crippen LogP contribution in [-0.2, 0) is 38.1 Å². The number of benzene rings is 1. The van der Waals surface area contributed by atoms with Crippen molar-refractivity contribution in [3.8, 4) is 0 Å². The molecule has 0 bridgehead atoms. The maximum atomic E-state index is 12.2. The second kappa shape index (κ2) is 13.3. The van der Waals surface area contributed by atoms with E-state index in [1.807, 2.05) is 0 Å². The number of carbonyl (C=O) groups is 4. The summed E-state index contributed by atoms with van der Waals surface area (Å²) in [6, 6.07) is 3.84. The molecule has 3 unspecified atom stereocenters. The highest BCUT2D eigenvalue weighted by Crippen LogP contribution is 2.42. The first-order valence-electron chi connectivity index (χ1n) is 11.3. The Morgan fingerprint density at radius 2 is 1.68 bits per heavy atom. The van der Waals surface area contributed by atoms with Crippen molar-refractivity contribution in [2.24, 2.45) is 0 Å². The Hall–Kier alpha value is -2.87. The van der Waals surface area contributed by atoms with Gasteiger partial charge in [0.1, 0.15) is 24.2 Å². The smallest absolute Gasteiger partial charge is 0.360 e. The molecule has 15 heteroatoms. The van der Waals surface area contributed by atoms with Crippen LogP contribution in [-0.4, -0.2) is 75.8 Å². The summed E-state index contributed by atoms with van der Waals surface area (Å²) < 4.78 is 28.8. The molecule has 3 rings (SSSR count). The topological polar surface area (TPSA) is 145 Å². The summed E-state index contributed by atoms with van der Waals surface area (Å²) in [4.78, 5) is 48.7. The predicted octanol–water partition coefficient (Wildman–Crippen LogP) is 3.25. The Balaban J connectivity index is 2.10. The molecule has 206 valence electrons. The Morgan fingerprint density at radius 1 is 1.00 bits per heavy atom. The molecule has 12 nitrogen and oxygen atoms in total. The van der Waals surface area contributed by atoms with Crippen LogP contribution in [0, 0.1) is 0 Å². The molecule has 0 saturated carbocycles. The van der Waals surface area contributed by atoms with E-state index in [1.54, 1.807) is 25.1 Å². The normalized spacial score (nSPS) is 22.8. The van der Waals surface area contributed by atoms with Crippen molar-refractivity contribution in [3.63, 3.8) is 0 Å². The van der Waals surface area contributed by atoms with E-state index >= 15 is 0 Å². The van der Waals surface area contributed by atoms with E-state index in [0.717, 1.165) is 11.8 Å². The van der Waals surface area contributed by atoms with Crippen LogP contribution in [0.4, 0.5) is 0 Å². The van der Waals surface area contributed by atoms with Crippen LogP contribution in [0.1, 0.15) is 44.2 Å². The fraction of sp³-hybridized carbons (Fsp3) is 0.478. The standard InChI is InChI=1S/C23H25Cl2N3O9S/c1-5-33-22(32)17-9-28(27-26-17)19-20(35-12(3)30)18(10-34-11(2)29)37-23(21(19)36-13(4)31)38-14-6-7-15(24)16(25)8-14/h6-9,18-21,23H,5,10H2,1-4H3/t18?,19?,20-,21?,23+/m0/s1. The number of hydrogen-bond donors (Lipinski definition) is 0. The molecule has 0 amide bonds. The molecule has 38 heavy (non-hydrogen) atoms. The molecule has 1 fully saturated rings. The van der Waals surface area contributed by atoms with E-state index in [0.29, 0.717) is 9.92 Å². The third kappa shape index (κ3) is 7.59. The molecule has 0 radical (unpaired) electrons. The highest BCUT2D eigenvalue weighted by Gasteiger charge is 2.52. The Kier molecular flexibility index (Phi) is 10.4. The summed E-state index contributed by atoms with van der Waals surface area (Å²) in [6.07, 6.45) is -2.03. The van der Waals surface area contributed by atoms with Gasteiger partial charge in [-0.25, -0.2) is 9.48 Å². The molecular weight excluding hydrogens is 565 g/mol. The van der Waals surface area contributed by atoms with Crippen molar-refractivity contribution in [1.29, 1.82) is 0 Å². The number of rotatable bonds is 9. The minimum absolute atomic E-state index is 0.113. The van der Waals surface area contributed by atoms with Crippen LogP contribution >= 0.6 is 35.0 Å². The summed E-state index contributed by atoms with van der Waals surface area (Å²) in [5.41, 5.74) is -1.06. The van der Waals surface area contributed by atoms with Crippen LogP contribution in [0.25, 0.3) is 0 Å². The summed E-state index contributed by atoms with van der Waals surface area (Å²) >= 11 is 13.4. The van der Waals surface area contributed by atoms with Crippen LogP contribution in [0.2, 0.25) is 10.0 Å². The maximum absolute atomic E-state index is 12.2. The van der Waals surface area contributed by atoms with E-state index in [9.17, 15) is 19.2 Å². The van der Waals surface area contributed by atoms with Crippen LogP contribution in [0.15, 0.2) is 29.3 Å². The van der Waals surface area contributed by atoms with Crippen molar-refractivity contribution >= 4 is 58.8 Å². The number of carbonyl (C=O) groups excluding carboxylic acids is 4. The van der Waals surface area contributed by atoms with Crippen molar-refractivity contribution in [3.05, 3.63) is 40.1 Å². The van der Waals surface area contributed by atoms with Gasteiger partial charge in [-0.15, -0.1) is 5.10 Å². The number of thioether (sulfide) groups is 1. The van der Waals surface area contributed by atoms with Crippen molar-refractivity contribution in [2.45, 2.75) is 62.4 Å². The number of esters is 4. The molecule has 1 saturated heterocycles. The molecule has 5 atom stereocenters. The van der Waals surface area contributed by atoms with Crippen molar-refractivity contribution in [1.82, 2.24) is 15.0 Å². The number of halogens is 2. The van der Waals surface area contributed by atoms with Gasteiger partial charge in [0, 0.05) is 25.7 Å². The third-order valence-corrected chi connectivity index (χ3v) is 6.99. The molecule has 0 N–H and O–H groups in total. The van der Waals surface area contributed by atoms with Crippen LogP contribution < -0.4 is 0 Å². The largest absolute Gasteiger partial charge is 0.463 e. The highest BCUT2D eigenvalue weighted by atomic mass is 35.5. The lowest BCUT2D eigenvalue weighted by molar-refractivity contribution is -0.212.